The monoisotopic (exact) mass is 865 g/mol. The zero-order valence-electron chi connectivity index (χ0n) is 37.9. The summed E-state index contributed by atoms with van der Waals surface area (Å²) in [4.78, 5) is 75.2. The third-order valence-electron chi connectivity index (χ3n) is 10.9. The van der Waals surface area contributed by atoms with E-state index in [0.29, 0.717) is 26.2 Å². The van der Waals surface area contributed by atoms with Crippen LogP contribution in [0.3, 0.4) is 0 Å². The van der Waals surface area contributed by atoms with Gasteiger partial charge in [0.05, 0.1) is 38.3 Å². The van der Waals surface area contributed by atoms with Crippen molar-refractivity contribution in [3.8, 4) is 11.1 Å². The van der Waals surface area contributed by atoms with Gasteiger partial charge < -0.3 is 29.2 Å². The molecule has 0 radical (unpaired) electrons. The first kappa shape index (κ1) is 48.4. The van der Waals surface area contributed by atoms with Crippen molar-refractivity contribution < 1.29 is 53.1 Å². The molecule has 0 aromatic heterocycles. The SMILES string of the molecule is CC(C)(C)OC(=O)CN1CCN(CC(=O)OC(C)(C)C)CCN([C@@H]2[C@@H](O)CN(C(=O)OCC3c4ccccc4-c4ccccc43)[C@H]2C(=O)O)CCN(CC(=O)OC(C)(C)C)CC1. The lowest BCUT2D eigenvalue weighted by Gasteiger charge is -2.38. The molecule has 16 heteroatoms. The summed E-state index contributed by atoms with van der Waals surface area (Å²) >= 11 is 0. The number of amides is 1. The highest BCUT2D eigenvalue weighted by Crippen LogP contribution is 2.44. The zero-order valence-corrected chi connectivity index (χ0v) is 37.9. The van der Waals surface area contributed by atoms with Crippen LogP contribution in [-0.2, 0) is 38.1 Å². The number of carbonyl (C=O) groups is 5. The van der Waals surface area contributed by atoms with Gasteiger partial charge in [-0.25, -0.2) is 9.59 Å². The standard InChI is InChI=1S/C46H67N5O11/c1-44(2,3)60-37(53)27-47-18-20-48(28-38(54)61-45(4,5)6)22-24-50(25-23-49(21-19-47)29-39(55)62-46(7,8)9)40-36(52)26-51(41(40)42(56)57)43(58)59-30-35-33-16-12-10-14-31(33)32-15-11-13-17-34(32)35/h10-17,35-36,40-41,52H,18-30H2,1-9H3,(H,56,57)/t36-,40+,41+/m0/s1. The molecule has 2 aromatic rings. The largest absolute Gasteiger partial charge is 0.480 e. The molecule has 3 aliphatic rings. The second kappa shape index (κ2) is 20.3. The number of hydrogen-bond donors (Lipinski definition) is 2. The van der Waals surface area contributed by atoms with Crippen molar-refractivity contribution in [3.05, 3.63) is 59.7 Å². The number of β-amino-alcohol motifs (C(OH)–C–C–N with tert-alkyl or cyclic N) is 1. The Morgan fingerprint density at radius 2 is 0.968 bits per heavy atom. The van der Waals surface area contributed by atoms with E-state index in [1.165, 1.54) is 0 Å². The first-order chi connectivity index (χ1) is 29.0. The Hall–Kier alpha value is -4.61. The summed E-state index contributed by atoms with van der Waals surface area (Å²) in [7, 11) is 0. The van der Waals surface area contributed by atoms with Crippen LogP contribution >= 0.6 is 0 Å². The minimum atomic E-state index is -1.48. The summed E-state index contributed by atoms with van der Waals surface area (Å²) in [6, 6.07) is 13.3. The fourth-order valence-corrected chi connectivity index (χ4v) is 8.40. The fourth-order valence-electron chi connectivity index (χ4n) is 8.40. The van der Waals surface area contributed by atoms with Crippen molar-refractivity contribution in [1.82, 2.24) is 24.5 Å². The molecule has 342 valence electrons. The summed E-state index contributed by atoms with van der Waals surface area (Å²) in [5, 5.41) is 22.5. The highest BCUT2D eigenvalue weighted by molar-refractivity contribution is 5.83. The lowest BCUT2D eigenvalue weighted by atomic mass is 9.98. The maximum absolute atomic E-state index is 13.9. The molecular formula is C46H67N5O11. The van der Waals surface area contributed by atoms with Crippen molar-refractivity contribution in [2.24, 2.45) is 0 Å². The molecule has 1 aliphatic carbocycles. The molecule has 1 amide bonds. The predicted octanol–water partition coefficient (Wildman–Crippen LogP) is 3.68. The van der Waals surface area contributed by atoms with Gasteiger partial charge in [0.1, 0.15) is 23.4 Å². The van der Waals surface area contributed by atoms with Gasteiger partial charge in [0.25, 0.3) is 0 Å². The Morgan fingerprint density at radius 3 is 1.34 bits per heavy atom. The maximum atomic E-state index is 13.9. The van der Waals surface area contributed by atoms with E-state index in [1.54, 1.807) is 62.3 Å². The van der Waals surface area contributed by atoms with Crippen LogP contribution < -0.4 is 0 Å². The van der Waals surface area contributed by atoms with Crippen LogP contribution in [0.15, 0.2) is 48.5 Å². The highest BCUT2D eigenvalue weighted by Gasteiger charge is 2.51. The normalized spacial score (nSPS) is 21.6. The van der Waals surface area contributed by atoms with E-state index in [4.69, 9.17) is 18.9 Å². The van der Waals surface area contributed by atoms with Crippen molar-refractivity contribution in [2.75, 3.05) is 85.1 Å². The predicted molar refractivity (Wildman–Crippen MR) is 231 cm³/mol. The molecule has 2 fully saturated rings. The van der Waals surface area contributed by atoms with Crippen LogP contribution in [0.4, 0.5) is 4.79 Å². The van der Waals surface area contributed by atoms with Gasteiger partial charge in [0.2, 0.25) is 0 Å². The van der Waals surface area contributed by atoms with Gasteiger partial charge in [0, 0.05) is 58.3 Å². The third-order valence-corrected chi connectivity index (χ3v) is 10.9. The van der Waals surface area contributed by atoms with E-state index in [-0.39, 0.29) is 64.9 Å². The van der Waals surface area contributed by atoms with E-state index >= 15 is 0 Å². The molecule has 62 heavy (non-hydrogen) atoms. The van der Waals surface area contributed by atoms with Crippen LogP contribution in [-0.4, -0.2) is 185 Å². The molecule has 3 atom stereocenters. The molecule has 0 unspecified atom stereocenters. The smallest absolute Gasteiger partial charge is 0.410 e. The number of ether oxygens (including phenoxy) is 4. The van der Waals surface area contributed by atoms with E-state index in [9.17, 15) is 34.2 Å². The molecule has 0 saturated carbocycles. The van der Waals surface area contributed by atoms with Crippen molar-refractivity contribution in [3.63, 3.8) is 0 Å². The van der Waals surface area contributed by atoms with Gasteiger partial charge in [0.15, 0.2) is 6.04 Å². The number of hydrogen-bond acceptors (Lipinski definition) is 14. The number of carboxylic acids is 1. The molecular weight excluding hydrogens is 799 g/mol. The number of aliphatic carboxylic acids is 1. The van der Waals surface area contributed by atoms with Gasteiger partial charge in [-0.1, -0.05) is 48.5 Å². The van der Waals surface area contributed by atoms with Crippen molar-refractivity contribution in [1.29, 1.82) is 0 Å². The molecule has 2 aromatic carbocycles. The van der Waals surface area contributed by atoms with Crippen molar-refractivity contribution in [2.45, 2.75) is 103 Å². The summed E-state index contributed by atoms with van der Waals surface area (Å²) in [6.07, 6.45) is -2.12. The number of aliphatic hydroxyl groups is 1. The topological polar surface area (TPSA) is 179 Å². The Morgan fingerprint density at radius 1 is 0.597 bits per heavy atom. The number of rotatable bonds is 10. The van der Waals surface area contributed by atoms with Gasteiger partial charge in [-0.3, -0.25) is 38.9 Å². The van der Waals surface area contributed by atoms with Crippen LogP contribution in [0.25, 0.3) is 11.1 Å². The van der Waals surface area contributed by atoms with Gasteiger partial charge in [-0.2, -0.15) is 0 Å². The number of carbonyl (C=O) groups excluding carboxylic acids is 4. The first-order valence-electron chi connectivity index (χ1n) is 21.6. The first-order valence-corrected chi connectivity index (χ1v) is 21.6. The van der Waals surface area contributed by atoms with Crippen LogP contribution in [0, 0.1) is 0 Å². The summed E-state index contributed by atoms with van der Waals surface area (Å²) in [5.41, 5.74) is 1.96. The summed E-state index contributed by atoms with van der Waals surface area (Å²) < 4.78 is 22.9. The van der Waals surface area contributed by atoms with Crippen molar-refractivity contribution >= 4 is 30.0 Å². The number of aliphatic hydroxyl groups excluding tert-OH is 1. The number of carboxylic acid groups (broad SMARTS) is 1. The highest BCUT2D eigenvalue weighted by atomic mass is 16.6. The zero-order chi connectivity index (χ0) is 45.6. The number of fused-ring (bicyclic) bond motifs is 3. The molecule has 0 spiro atoms. The molecule has 5 rings (SSSR count). The van der Waals surface area contributed by atoms with E-state index in [0.717, 1.165) is 27.2 Å². The Labute approximate surface area is 366 Å². The van der Waals surface area contributed by atoms with Gasteiger partial charge in [-0.15, -0.1) is 0 Å². The molecule has 2 heterocycles. The molecule has 2 saturated heterocycles. The number of likely N-dealkylation sites (tertiary alicyclic amines) is 1. The van der Waals surface area contributed by atoms with E-state index < -0.39 is 65.0 Å². The van der Waals surface area contributed by atoms with Crippen LogP contribution in [0.1, 0.15) is 79.4 Å². The fraction of sp³-hybridized carbons (Fsp3) is 0.630. The summed E-state index contributed by atoms with van der Waals surface area (Å²) in [5.74, 6) is -2.88. The molecule has 2 N–H and O–H groups in total. The Kier molecular flexibility index (Phi) is 15.8. The average Bonchev–Trinajstić information content (AvgIpc) is 3.66. The Bertz CT molecular complexity index is 1810. The quantitative estimate of drug-likeness (QED) is 0.261. The van der Waals surface area contributed by atoms with E-state index in [2.05, 4.69) is 0 Å². The average molecular weight is 866 g/mol. The van der Waals surface area contributed by atoms with Crippen LogP contribution in [0.5, 0.6) is 0 Å². The lowest BCUT2D eigenvalue weighted by molar-refractivity contribution is -0.158. The maximum Gasteiger partial charge on any atom is 0.410 e. The van der Waals surface area contributed by atoms with Gasteiger partial charge >= 0.3 is 30.0 Å². The third kappa shape index (κ3) is 13.7. The minimum Gasteiger partial charge on any atom is -0.480 e. The molecule has 2 aliphatic heterocycles. The number of benzene rings is 2. The van der Waals surface area contributed by atoms with Gasteiger partial charge in [-0.05, 0) is 84.6 Å². The number of esters is 3. The Balaban J connectivity index is 1.40. The molecule has 0 bridgehead atoms. The second-order valence-corrected chi connectivity index (χ2v) is 19.4. The van der Waals surface area contributed by atoms with E-state index in [1.807, 2.05) is 68.1 Å². The second-order valence-electron chi connectivity index (χ2n) is 19.4. The summed E-state index contributed by atoms with van der Waals surface area (Å²) in [6.45, 7) is 17.8. The lowest BCUT2D eigenvalue weighted by Crippen LogP contribution is -2.57. The molecule has 16 nitrogen and oxygen atoms in total. The van der Waals surface area contributed by atoms with Crippen LogP contribution in [0.2, 0.25) is 0 Å². The minimum absolute atomic E-state index is 0.0234. The number of nitrogens with zero attached hydrogens (tertiary/aromatic N) is 5.